The van der Waals surface area contributed by atoms with Crippen LogP contribution in [0.4, 0.5) is 5.69 Å². The van der Waals surface area contributed by atoms with Crippen LogP contribution < -0.4 is 9.64 Å². The zero-order valence-electron chi connectivity index (χ0n) is 20.9. The predicted octanol–water partition coefficient (Wildman–Crippen LogP) is 6.59. The summed E-state index contributed by atoms with van der Waals surface area (Å²) in [6, 6.07) is 17.0. The Labute approximate surface area is 198 Å². The fourth-order valence-electron chi connectivity index (χ4n) is 3.74. The molecule has 0 aliphatic rings. The van der Waals surface area contributed by atoms with E-state index in [-0.39, 0.29) is 5.60 Å². The maximum Gasteiger partial charge on any atom is 0.232 e. The van der Waals surface area contributed by atoms with Crippen LogP contribution in [-0.2, 0) is 4.74 Å². The molecule has 0 fully saturated rings. The van der Waals surface area contributed by atoms with Crippen molar-refractivity contribution >= 4 is 16.5 Å². The lowest BCUT2D eigenvalue weighted by molar-refractivity contribution is -0.0735. The summed E-state index contributed by atoms with van der Waals surface area (Å²) in [4.78, 5) is 6.70. The number of nitriles is 1. The molecule has 0 spiro atoms. The molecule has 1 aromatic heterocycles. The van der Waals surface area contributed by atoms with Crippen LogP contribution in [0.25, 0.3) is 21.9 Å². The van der Waals surface area contributed by atoms with Gasteiger partial charge in [-0.15, -0.1) is 0 Å². The van der Waals surface area contributed by atoms with E-state index in [0.29, 0.717) is 18.1 Å². The summed E-state index contributed by atoms with van der Waals surface area (Å²) in [7, 11) is 0. The quantitative estimate of drug-likeness (QED) is 0.391. The van der Waals surface area contributed by atoms with Crippen LogP contribution in [0.15, 0.2) is 48.7 Å². The van der Waals surface area contributed by atoms with Gasteiger partial charge in [0.2, 0.25) is 5.88 Å². The molecule has 5 heteroatoms. The maximum absolute atomic E-state index is 9.97. The first kappa shape index (κ1) is 24.5. The molecule has 0 bridgehead atoms. The van der Waals surface area contributed by atoms with Gasteiger partial charge in [-0.3, -0.25) is 0 Å². The molecular weight excluding hydrogens is 410 g/mol. The van der Waals surface area contributed by atoms with Crippen molar-refractivity contribution in [3.8, 4) is 23.1 Å². The number of hydrogen-bond acceptors (Lipinski definition) is 5. The summed E-state index contributed by atoms with van der Waals surface area (Å²) in [5.74, 6) is 0.328. The highest BCUT2D eigenvalue weighted by molar-refractivity contribution is 5.90. The van der Waals surface area contributed by atoms with Gasteiger partial charge in [0, 0.05) is 30.5 Å². The van der Waals surface area contributed by atoms with Crippen molar-refractivity contribution in [2.45, 2.75) is 59.7 Å². The van der Waals surface area contributed by atoms with Gasteiger partial charge in [-0.05, 0) is 89.1 Å². The van der Waals surface area contributed by atoms with Crippen LogP contribution in [0.1, 0.15) is 54.0 Å². The number of rotatable bonds is 8. The second kappa shape index (κ2) is 9.80. The Balaban J connectivity index is 1.95. The lowest BCUT2D eigenvalue weighted by Gasteiger charge is -2.30. The highest BCUT2D eigenvalue weighted by Crippen LogP contribution is 2.33. The molecule has 1 heterocycles. The van der Waals surface area contributed by atoms with Crippen LogP contribution >= 0.6 is 0 Å². The Morgan fingerprint density at radius 2 is 1.61 bits per heavy atom. The SMILES string of the molecule is CCN(CC)c1ccc2cc(-c3ccnc(OC(C)(C)COC(C)(C)C)c3C#N)ccc2c1. The predicted molar refractivity (Wildman–Crippen MR) is 136 cm³/mol. The van der Waals surface area contributed by atoms with Gasteiger partial charge in [-0.1, -0.05) is 18.2 Å². The Bertz CT molecular complexity index is 1150. The monoisotopic (exact) mass is 445 g/mol. The van der Waals surface area contributed by atoms with E-state index in [1.165, 1.54) is 11.1 Å². The minimum absolute atomic E-state index is 0.274. The Morgan fingerprint density at radius 1 is 0.939 bits per heavy atom. The second-order valence-electron chi connectivity index (χ2n) is 9.83. The van der Waals surface area contributed by atoms with Gasteiger partial charge in [0.1, 0.15) is 17.2 Å². The van der Waals surface area contributed by atoms with Crippen molar-refractivity contribution < 1.29 is 9.47 Å². The number of pyridine rings is 1. The van der Waals surface area contributed by atoms with E-state index in [2.05, 4.69) is 66.2 Å². The second-order valence-corrected chi connectivity index (χ2v) is 9.83. The standard InChI is InChI=1S/C28H35N3O2/c1-8-31(9-2)23-13-12-20-16-22(11-10-21(20)17-23)24-14-15-30-26(25(24)18-29)33-28(6,7)19-32-27(3,4)5/h10-17H,8-9,19H2,1-7H3. The number of ether oxygens (including phenoxy) is 2. The Kier molecular flexibility index (Phi) is 7.29. The van der Waals surface area contributed by atoms with Gasteiger partial charge in [0.15, 0.2) is 0 Å². The summed E-state index contributed by atoms with van der Waals surface area (Å²) in [6.45, 7) is 16.6. The Morgan fingerprint density at radius 3 is 2.24 bits per heavy atom. The third-order valence-electron chi connectivity index (χ3n) is 5.52. The van der Waals surface area contributed by atoms with E-state index in [4.69, 9.17) is 9.47 Å². The van der Waals surface area contributed by atoms with Crippen LogP contribution in [-0.4, -0.2) is 35.9 Å². The van der Waals surface area contributed by atoms with Gasteiger partial charge in [0.25, 0.3) is 0 Å². The van der Waals surface area contributed by atoms with Crippen molar-refractivity contribution in [3.05, 3.63) is 54.2 Å². The number of nitrogens with zero attached hydrogens (tertiary/aromatic N) is 3. The van der Waals surface area contributed by atoms with Crippen molar-refractivity contribution in [1.29, 1.82) is 5.26 Å². The van der Waals surface area contributed by atoms with Crippen molar-refractivity contribution in [2.24, 2.45) is 0 Å². The Hall–Kier alpha value is -3.10. The van der Waals surface area contributed by atoms with Crippen LogP contribution in [0.3, 0.4) is 0 Å². The summed E-state index contributed by atoms with van der Waals surface area (Å²) in [5.41, 5.74) is 2.52. The van der Waals surface area contributed by atoms with Gasteiger partial charge in [0.05, 0.1) is 12.2 Å². The van der Waals surface area contributed by atoms with Crippen LogP contribution in [0, 0.1) is 11.3 Å². The van der Waals surface area contributed by atoms with Crippen LogP contribution in [0.5, 0.6) is 5.88 Å². The lowest BCUT2D eigenvalue weighted by Crippen LogP contribution is -2.38. The van der Waals surface area contributed by atoms with Crippen molar-refractivity contribution in [2.75, 3.05) is 24.6 Å². The molecule has 0 atom stereocenters. The normalized spacial score (nSPS) is 11.9. The number of benzene rings is 2. The third kappa shape index (κ3) is 6.03. The fourth-order valence-corrected chi connectivity index (χ4v) is 3.74. The average Bonchev–Trinajstić information content (AvgIpc) is 2.77. The smallest absolute Gasteiger partial charge is 0.232 e. The van der Waals surface area contributed by atoms with Crippen molar-refractivity contribution in [1.82, 2.24) is 4.98 Å². The molecule has 0 radical (unpaired) electrons. The molecule has 3 rings (SSSR count). The summed E-state index contributed by atoms with van der Waals surface area (Å²) in [5, 5.41) is 12.3. The first-order valence-corrected chi connectivity index (χ1v) is 11.6. The highest BCUT2D eigenvalue weighted by atomic mass is 16.6. The molecule has 3 aromatic rings. The maximum atomic E-state index is 9.97. The molecule has 0 N–H and O–H groups in total. The van der Waals surface area contributed by atoms with Gasteiger partial charge >= 0.3 is 0 Å². The summed E-state index contributed by atoms with van der Waals surface area (Å²) < 4.78 is 12.1. The highest BCUT2D eigenvalue weighted by Gasteiger charge is 2.26. The molecule has 0 saturated carbocycles. The number of hydrogen-bond donors (Lipinski definition) is 0. The number of anilines is 1. The number of fused-ring (bicyclic) bond motifs is 1. The van der Waals surface area contributed by atoms with Gasteiger partial charge < -0.3 is 14.4 Å². The molecule has 5 nitrogen and oxygen atoms in total. The largest absolute Gasteiger partial charge is 0.468 e. The molecule has 0 saturated heterocycles. The van der Waals surface area contributed by atoms with E-state index in [0.717, 1.165) is 29.6 Å². The molecule has 0 aliphatic carbocycles. The van der Waals surface area contributed by atoms with Gasteiger partial charge in [-0.25, -0.2) is 4.98 Å². The molecule has 33 heavy (non-hydrogen) atoms. The third-order valence-corrected chi connectivity index (χ3v) is 5.52. The average molecular weight is 446 g/mol. The van der Waals surface area contributed by atoms with Crippen molar-refractivity contribution in [3.63, 3.8) is 0 Å². The zero-order valence-corrected chi connectivity index (χ0v) is 20.9. The molecule has 0 amide bonds. The minimum Gasteiger partial charge on any atom is -0.468 e. The molecule has 174 valence electrons. The fraction of sp³-hybridized carbons (Fsp3) is 0.429. The zero-order chi connectivity index (χ0) is 24.2. The molecule has 0 aliphatic heterocycles. The van der Waals surface area contributed by atoms with E-state index >= 15 is 0 Å². The van der Waals surface area contributed by atoms with E-state index in [1.54, 1.807) is 6.20 Å². The summed E-state index contributed by atoms with van der Waals surface area (Å²) in [6.07, 6.45) is 1.69. The first-order valence-electron chi connectivity index (χ1n) is 11.6. The molecular formula is C28H35N3O2. The van der Waals surface area contributed by atoms with Gasteiger partial charge in [-0.2, -0.15) is 5.26 Å². The van der Waals surface area contributed by atoms with Crippen LogP contribution in [0.2, 0.25) is 0 Å². The van der Waals surface area contributed by atoms with E-state index in [9.17, 15) is 5.26 Å². The first-order chi connectivity index (χ1) is 15.6. The molecule has 0 unspecified atom stereocenters. The number of aromatic nitrogens is 1. The van der Waals surface area contributed by atoms with E-state index in [1.807, 2.05) is 40.7 Å². The lowest BCUT2D eigenvalue weighted by atomic mass is 9.98. The topological polar surface area (TPSA) is 58.4 Å². The summed E-state index contributed by atoms with van der Waals surface area (Å²) >= 11 is 0. The minimum atomic E-state index is -0.630. The van der Waals surface area contributed by atoms with E-state index < -0.39 is 5.60 Å². The molecule has 2 aromatic carbocycles.